The summed E-state index contributed by atoms with van der Waals surface area (Å²) < 4.78 is 0. The highest BCUT2D eigenvalue weighted by Gasteiger charge is 2.35. The number of hydrogen-bond donors (Lipinski definition) is 2. The first-order chi connectivity index (χ1) is 7.54. The third-order valence-corrected chi connectivity index (χ3v) is 4.61. The van der Waals surface area contributed by atoms with Gasteiger partial charge in [0.25, 0.3) is 0 Å². The molecule has 2 nitrogen and oxygen atoms in total. The number of fused-ring (bicyclic) bond motifs is 1. The Balaban J connectivity index is 2.29. The van der Waals surface area contributed by atoms with Crippen LogP contribution in [0.1, 0.15) is 50.0 Å². The van der Waals surface area contributed by atoms with E-state index in [4.69, 9.17) is 5.84 Å². The number of aryl methyl sites for hydroxylation is 1. The van der Waals surface area contributed by atoms with E-state index >= 15 is 0 Å². The van der Waals surface area contributed by atoms with E-state index in [0.717, 1.165) is 0 Å². The van der Waals surface area contributed by atoms with Crippen molar-refractivity contribution in [2.75, 3.05) is 0 Å². The molecule has 0 amide bonds. The van der Waals surface area contributed by atoms with Gasteiger partial charge >= 0.3 is 0 Å². The molecule has 2 unspecified atom stereocenters. The minimum absolute atomic E-state index is 0.204. The van der Waals surface area contributed by atoms with Crippen molar-refractivity contribution < 1.29 is 0 Å². The Kier molecular flexibility index (Phi) is 3.38. The summed E-state index contributed by atoms with van der Waals surface area (Å²) in [5.74, 6) is 6.35. The first-order valence-electron chi connectivity index (χ1n) is 6.06. The first kappa shape index (κ1) is 12.1. The smallest absolute Gasteiger partial charge is 0.0327 e. The van der Waals surface area contributed by atoms with Gasteiger partial charge in [0, 0.05) is 16.8 Å². The van der Waals surface area contributed by atoms with Gasteiger partial charge in [0.2, 0.25) is 0 Å². The molecule has 0 radical (unpaired) electrons. The summed E-state index contributed by atoms with van der Waals surface area (Å²) in [6, 6.07) is 2.65. The zero-order valence-electron chi connectivity index (χ0n) is 10.4. The fraction of sp³-hybridized carbons (Fsp3) is 0.692. The Morgan fingerprint density at radius 1 is 1.50 bits per heavy atom. The van der Waals surface area contributed by atoms with E-state index < -0.39 is 0 Å². The fourth-order valence-corrected chi connectivity index (χ4v) is 3.83. The molecule has 1 aliphatic carbocycles. The number of hydrogen-bond acceptors (Lipinski definition) is 3. The molecule has 3 N–H and O–H groups in total. The van der Waals surface area contributed by atoms with Crippen LogP contribution in [0.15, 0.2) is 11.4 Å². The lowest BCUT2D eigenvalue weighted by Gasteiger charge is -2.38. The summed E-state index contributed by atoms with van der Waals surface area (Å²) in [5.41, 5.74) is 4.79. The molecule has 1 aromatic rings. The maximum absolute atomic E-state index is 5.77. The summed E-state index contributed by atoms with van der Waals surface area (Å²) in [7, 11) is 0. The van der Waals surface area contributed by atoms with Crippen LogP contribution in [0.4, 0.5) is 0 Å². The number of nitrogens with two attached hydrogens (primary N) is 1. The third kappa shape index (κ3) is 2.17. The topological polar surface area (TPSA) is 38.0 Å². The average Bonchev–Trinajstić information content (AvgIpc) is 2.65. The van der Waals surface area contributed by atoms with Crippen molar-refractivity contribution in [2.24, 2.45) is 11.3 Å². The number of rotatable bonds is 2. The van der Waals surface area contributed by atoms with Gasteiger partial charge in [-0.1, -0.05) is 20.8 Å². The van der Waals surface area contributed by atoms with Crippen molar-refractivity contribution in [3.8, 4) is 0 Å². The number of thiophene rings is 1. The molecule has 90 valence electrons. The van der Waals surface area contributed by atoms with Crippen LogP contribution >= 0.6 is 11.3 Å². The molecule has 2 rings (SSSR count). The number of hydrazine groups is 1. The molecule has 0 spiro atoms. The average molecular weight is 238 g/mol. The highest BCUT2D eigenvalue weighted by Crippen LogP contribution is 2.41. The predicted octanol–water partition coefficient (Wildman–Crippen LogP) is 3.05. The molecular formula is C13H22N2S. The monoisotopic (exact) mass is 238 g/mol. The summed E-state index contributed by atoms with van der Waals surface area (Å²) in [4.78, 5) is 1.57. The molecule has 0 bridgehead atoms. The van der Waals surface area contributed by atoms with E-state index in [1.807, 2.05) is 11.3 Å². The Morgan fingerprint density at radius 2 is 2.25 bits per heavy atom. The van der Waals surface area contributed by atoms with Gasteiger partial charge in [-0.2, -0.15) is 0 Å². The second-order valence-electron chi connectivity index (χ2n) is 5.81. The Labute approximate surface area is 102 Å². The van der Waals surface area contributed by atoms with Crippen LogP contribution in [-0.4, -0.2) is 6.04 Å². The minimum atomic E-state index is 0.204. The van der Waals surface area contributed by atoms with Gasteiger partial charge in [-0.05, 0) is 41.7 Å². The zero-order valence-corrected chi connectivity index (χ0v) is 11.2. The van der Waals surface area contributed by atoms with E-state index in [0.29, 0.717) is 12.0 Å². The molecule has 0 aliphatic heterocycles. The molecule has 3 heteroatoms. The van der Waals surface area contributed by atoms with Crippen LogP contribution in [0.3, 0.4) is 0 Å². The van der Waals surface area contributed by atoms with Gasteiger partial charge < -0.3 is 0 Å². The largest absolute Gasteiger partial charge is 0.271 e. The van der Waals surface area contributed by atoms with E-state index in [2.05, 4.69) is 37.6 Å². The highest BCUT2D eigenvalue weighted by atomic mass is 32.1. The molecule has 1 heterocycles. The highest BCUT2D eigenvalue weighted by molar-refractivity contribution is 7.10. The van der Waals surface area contributed by atoms with Crippen LogP contribution < -0.4 is 11.3 Å². The van der Waals surface area contributed by atoms with Gasteiger partial charge in [-0.3, -0.25) is 11.3 Å². The quantitative estimate of drug-likeness (QED) is 0.614. The van der Waals surface area contributed by atoms with Gasteiger partial charge in [-0.25, -0.2) is 0 Å². The van der Waals surface area contributed by atoms with E-state index in [-0.39, 0.29) is 5.41 Å². The molecule has 0 aromatic carbocycles. The van der Waals surface area contributed by atoms with Gasteiger partial charge in [0.1, 0.15) is 0 Å². The summed E-state index contributed by atoms with van der Waals surface area (Å²) in [6.45, 7) is 6.79. The molecule has 2 atom stereocenters. The van der Waals surface area contributed by atoms with Gasteiger partial charge in [0.15, 0.2) is 0 Å². The van der Waals surface area contributed by atoms with E-state index in [1.165, 1.54) is 24.8 Å². The zero-order chi connectivity index (χ0) is 11.8. The van der Waals surface area contributed by atoms with Gasteiger partial charge in [-0.15, -0.1) is 11.3 Å². The van der Waals surface area contributed by atoms with Crippen LogP contribution in [0.5, 0.6) is 0 Å². The van der Waals surface area contributed by atoms with Crippen molar-refractivity contribution in [1.82, 2.24) is 5.43 Å². The lowest BCUT2D eigenvalue weighted by Crippen LogP contribution is -2.48. The maximum atomic E-state index is 5.77. The van der Waals surface area contributed by atoms with E-state index in [9.17, 15) is 0 Å². The lowest BCUT2D eigenvalue weighted by atomic mass is 9.72. The second-order valence-corrected chi connectivity index (χ2v) is 6.81. The standard InChI is InChI=1S/C13H22N2S/c1-13(2,3)12(15-14)10-5-4-6-11-9(10)7-8-16-11/h7-8,10,12,15H,4-6,14H2,1-3H3. The third-order valence-electron chi connectivity index (χ3n) is 3.61. The van der Waals surface area contributed by atoms with Crippen molar-refractivity contribution in [1.29, 1.82) is 0 Å². The van der Waals surface area contributed by atoms with Crippen LogP contribution in [0.25, 0.3) is 0 Å². The fourth-order valence-electron chi connectivity index (χ4n) is 2.84. The molecule has 1 aliphatic rings. The van der Waals surface area contributed by atoms with E-state index in [1.54, 1.807) is 4.88 Å². The van der Waals surface area contributed by atoms with Crippen molar-refractivity contribution in [3.05, 3.63) is 21.9 Å². The molecule has 0 saturated heterocycles. The van der Waals surface area contributed by atoms with Crippen LogP contribution in [-0.2, 0) is 6.42 Å². The maximum Gasteiger partial charge on any atom is 0.0327 e. The minimum Gasteiger partial charge on any atom is -0.271 e. The Hall–Kier alpha value is -0.380. The molecule has 0 fully saturated rings. The molecular weight excluding hydrogens is 216 g/mol. The molecule has 16 heavy (non-hydrogen) atoms. The van der Waals surface area contributed by atoms with Crippen LogP contribution in [0, 0.1) is 5.41 Å². The Morgan fingerprint density at radius 3 is 2.88 bits per heavy atom. The first-order valence-corrected chi connectivity index (χ1v) is 6.94. The summed E-state index contributed by atoms with van der Waals surface area (Å²) in [5, 5.41) is 2.22. The van der Waals surface area contributed by atoms with Crippen molar-refractivity contribution in [2.45, 2.75) is 52.0 Å². The lowest BCUT2D eigenvalue weighted by molar-refractivity contribution is 0.221. The summed E-state index contributed by atoms with van der Waals surface area (Å²) >= 11 is 1.90. The number of nitrogens with one attached hydrogen (secondary N) is 1. The normalized spacial score (nSPS) is 22.9. The molecule has 0 saturated carbocycles. The van der Waals surface area contributed by atoms with Crippen molar-refractivity contribution >= 4 is 11.3 Å². The Bertz CT molecular complexity index is 351. The second kappa shape index (κ2) is 4.47. The van der Waals surface area contributed by atoms with Gasteiger partial charge in [0.05, 0.1) is 0 Å². The SMILES string of the molecule is CC(C)(C)C(NN)C1CCCc2sccc21. The van der Waals surface area contributed by atoms with Crippen molar-refractivity contribution in [3.63, 3.8) is 0 Å². The predicted molar refractivity (Wildman–Crippen MR) is 70.6 cm³/mol. The molecule has 1 aromatic heterocycles. The summed E-state index contributed by atoms with van der Waals surface area (Å²) in [6.07, 6.45) is 3.81. The van der Waals surface area contributed by atoms with Crippen LogP contribution in [0.2, 0.25) is 0 Å².